The van der Waals surface area contributed by atoms with Gasteiger partial charge in [0.1, 0.15) is 0 Å². The van der Waals surface area contributed by atoms with Crippen LogP contribution in [0.15, 0.2) is 0 Å². The van der Waals surface area contributed by atoms with Gasteiger partial charge in [-0.05, 0) is 19.3 Å². The van der Waals surface area contributed by atoms with Gasteiger partial charge in [0.25, 0.3) is 0 Å². The van der Waals surface area contributed by atoms with Crippen molar-refractivity contribution < 1.29 is 9.53 Å². The third-order valence-electron chi connectivity index (χ3n) is 4.26. The van der Waals surface area contributed by atoms with Crippen LogP contribution in [0, 0.1) is 0 Å². The van der Waals surface area contributed by atoms with Gasteiger partial charge < -0.3 is 19.9 Å². The standard InChI is InChI=1S/C16H26N6O2/c1-2-5-14(23)17-12-13-18-15(21-6-3-4-7-21)20-16(19-13)22-8-10-24-11-9-22/h2-12H2,1H3,(H,17,23). The molecule has 24 heavy (non-hydrogen) atoms. The van der Waals surface area contributed by atoms with E-state index in [1.807, 2.05) is 6.92 Å². The molecule has 0 unspecified atom stereocenters. The van der Waals surface area contributed by atoms with Gasteiger partial charge in [-0.15, -0.1) is 0 Å². The number of amides is 1. The normalized spacial score (nSPS) is 18.0. The van der Waals surface area contributed by atoms with Crippen molar-refractivity contribution >= 4 is 17.8 Å². The fourth-order valence-electron chi connectivity index (χ4n) is 2.93. The Kier molecular flexibility index (Phi) is 5.79. The number of hydrogen-bond donors (Lipinski definition) is 1. The number of ether oxygens (including phenoxy) is 1. The van der Waals surface area contributed by atoms with E-state index in [-0.39, 0.29) is 5.91 Å². The first kappa shape index (κ1) is 16.9. The maximum absolute atomic E-state index is 11.7. The number of anilines is 2. The molecule has 0 radical (unpaired) electrons. The molecule has 2 aliphatic heterocycles. The highest BCUT2D eigenvalue weighted by Gasteiger charge is 2.21. The summed E-state index contributed by atoms with van der Waals surface area (Å²) in [5.74, 6) is 2.07. The van der Waals surface area contributed by atoms with Crippen LogP contribution >= 0.6 is 0 Å². The van der Waals surface area contributed by atoms with Gasteiger partial charge in [-0.2, -0.15) is 15.0 Å². The Morgan fingerprint density at radius 2 is 1.67 bits per heavy atom. The molecule has 0 saturated carbocycles. The van der Waals surface area contributed by atoms with Crippen LogP contribution in [0.25, 0.3) is 0 Å². The summed E-state index contributed by atoms with van der Waals surface area (Å²) in [5.41, 5.74) is 0. The summed E-state index contributed by atoms with van der Waals surface area (Å²) in [7, 11) is 0. The predicted octanol–water partition coefficient (Wildman–Crippen LogP) is 0.725. The van der Waals surface area contributed by atoms with Crippen molar-refractivity contribution in [1.29, 1.82) is 0 Å². The third kappa shape index (κ3) is 4.31. The number of aromatic nitrogens is 3. The quantitative estimate of drug-likeness (QED) is 0.821. The minimum Gasteiger partial charge on any atom is -0.378 e. The van der Waals surface area contributed by atoms with Crippen LogP contribution in [0.3, 0.4) is 0 Å². The maximum Gasteiger partial charge on any atom is 0.230 e. The van der Waals surface area contributed by atoms with E-state index < -0.39 is 0 Å². The van der Waals surface area contributed by atoms with Crippen LogP contribution in [-0.4, -0.2) is 60.3 Å². The SMILES string of the molecule is CCCC(=O)NCc1nc(N2CCCC2)nc(N2CCOCC2)n1. The van der Waals surface area contributed by atoms with Crippen molar-refractivity contribution in [2.45, 2.75) is 39.2 Å². The summed E-state index contributed by atoms with van der Waals surface area (Å²) in [6, 6.07) is 0. The molecule has 0 bridgehead atoms. The Balaban J connectivity index is 1.77. The van der Waals surface area contributed by atoms with E-state index in [9.17, 15) is 4.79 Å². The fraction of sp³-hybridized carbons (Fsp3) is 0.750. The second-order valence-electron chi connectivity index (χ2n) is 6.17. The van der Waals surface area contributed by atoms with Crippen LogP contribution in [-0.2, 0) is 16.1 Å². The Bertz CT molecular complexity index is 555. The van der Waals surface area contributed by atoms with Crippen molar-refractivity contribution in [2.75, 3.05) is 49.2 Å². The van der Waals surface area contributed by atoms with Gasteiger partial charge in [0, 0.05) is 32.6 Å². The predicted molar refractivity (Wildman–Crippen MR) is 91.1 cm³/mol. The summed E-state index contributed by atoms with van der Waals surface area (Å²) >= 11 is 0. The third-order valence-corrected chi connectivity index (χ3v) is 4.26. The molecular weight excluding hydrogens is 308 g/mol. The number of hydrogen-bond acceptors (Lipinski definition) is 7. The van der Waals surface area contributed by atoms with Gasteiger partial charge in [-0.25, -0.2) is 0 Å². The van der Waals surface area contributed by atoms with Crippen LogP contribution in [0.5, 0.6) is 0 Å². The zero-order valence-corrected chi connectivity index (χ0v) is 14.3. The molecule has 3 heterocycles. The number of rotatable bonds is 6. The lowest BCUT2D eigenvalue weighted by Crippen LogP contribution is -2.38. The number of morpholine rings is 1. The molecule has 0 aliphatic carbocycles. The minimum absolute atomic E-state index is 0.0357. The molecule has 2 saturated heterocycles. The lowest BCUT2D eigenvalue weighted by molar-refractivity contribution is -0.121. The number of carbonyl (C=O) groups is 1. The summed E-state index contributed by atoms with van der Waals surface area (Å²) in [6.07, 6.45) is 3.70. The van der Waals surface area contributed by atoms with Gasteiger partial charge in [0.05, 0.1) is 19.8 Å². The molecule has 0 atom stereocenters. The second kappa shape index (κ2) is 8.23. The number of carbonyl (C=O) groups excluding carboxylic acids is 1. The molecule has 1 aromatic heterocycles. The van der Waals surface area contributed by atoms with Crippen molar-refractivity contribution in [2.24, 2.45) is 0 Å². The van der Waals surface area contributed by atoms with Crippen LogP contribution in [0.1, 0.15) is 38.4 Å². The average molecular weight is 334 g/mol. The highest BCUT2D eigenvalue weighted by Crippen LogP contribution is 2.19. The molecule has 132 valence electrons. The zero-order valence-electron chi connectivity index (χ0n) is 14.3. The molecule has 0 aromatic carbocycles. The number of nitrogens with zero attached hydrogens (tertiary/aromatic N) is 5. The van der Waals surface area contributed by atoms with Crippen LogP contribution in [0.2, 0.25) is 0 Å². The lowest BCUT2D eigenvalue weighted by Gasteiger charge is -2.28. The van der Waals surface area contributed by atoms with E-state index in [0.717, 1.165) is 38.5 Å². The summed E-state index contributed by atoms with van der Waals surface area (Å²) in [4.78, 5) is 29.9. The molecule has 1 amide bonds. The molecule has 8 heteroatoms. The zero-order chi connectivity index (χ0) is 16.8. The van der Waals surface area contributed by atoms with E-state index in [2.05, 4.69) is 30.1 Å². The van der Waals surface area contributed by atoms with Gasteiger partial charge >= 0.3 is 0 Å². The smallest absolute Gasteiger partial charge is 0.230 e. The second-order valence-corrected chi connectivity index (χ2v) is 6.17. The summed E-state index contributed by atoms with van der Waals surface area (Å²) in [6.45, 7) is 7.24. The van der Waals surface area contributed by atoms with Gasteiger partial charge in [-0.3, -0.25) is 4.79 Å². The molecule has 2 fully saturated rings. The Hall–Kier alpha value is -1.96. The van der Waals surface area contributed by atoms with E-state index >= 15 is 0 Å². The van der Waals surface area contributed by atoms with Crippen LogP contribution < -0.4 is 15.1 Å². The minimum atomic E-state index is 0.0357. The fourth-order valence-corrected chi connectivity index (χ4v) is 2.93. The molecular formula is C16H26N6O2. The average Bonchev–Trinajstić information content (AvgIpc) is 3.15. The Morgan fingerprint density at radius 3 is 2.29 bits per heavy atom. The van der Waals surface area contributed by atoms with E-state index in [1.54, 1.807) is 0 Å². The van der Waals surface area contributed by atoms with Gasteiger partial charge in [0.15, 0.2) is 5.82 Å². The number of nitrogens with one attached hydrogen (secondary N) is 1. The maximum atomic E-state index is 11.7. The molecule has 2 aliphatic rings. The Labute approximate surface area is 142 Å². The topological polar surface area (TPSA) is 83.5 Å². The molecule has 8 nitrogen and oxygen atoms in total. The largest absolute Gasteiger partial charge is 0.378 e. The van der Waals surface area contributed by atoms with Gasteiger partial charge in [0.2, 0.25) is 17.8 Å². The van der Waals surface area contributed by atoms with E-state index in [0.29, 0.717) is 38.0 Å². The first-order valence-electron chi connectivity index (χ1n) is 8.85. The van der Waals surface area contributed by atoms with E-state index in [4.69, 9.17) is 4.74 Å². The monoisotopic (exact) mass is 334 g/mol. The van der Waals surface area contributed by atoms with Crippen molar-refractivity contribution in [3.63, 3.8) is 0 Å². The molecule has 1 aromatic rings. The highest BCUT2D eigenvalue weighted by molar-refractivity contribution is 5.75. The van der Waals surface area contributed by atoms with Crippen LogP contribution in [0.4, 0.5) is 11.9 Å². The highest BCUT2D eigenvalue weighted by atomic mass is 16.5. The van der Waals surface area contributed by atoms with Crippen molar-refractivity contribution in [1.82, 2.24) is 20.3 Å². The Morgan fingerprint density at radius 1 is 1.04 bits per heavy atom. The van der Waals surface area contributed by atoms with Crippen molar-refractivity contribution in [3.8, 4) is 0 Å². The molecule has 1 N–H and O–H groups in total. The summed E-state index contributed by atoms with van der Waals surface area (Å²) in [5, 5.41) is 2.89. The first-order valence-corrected chi connectivity index (χ1v) is 8.85. The lowest BCUT2D eigenvalue weighted by atomic mass is 10.3. The molecule has 3 rings (SSSR count). The van der Waals surface area contributed by atoms with Crippen molar-refractivity contribution in [3.05, 3.63) is 5.82 Å². The first-order chi connectivity index (χ1) is 11.8. The molecule has 0 spiro atoms. The summed E-state index contributed by atoms with van der Waals surface area (Å²) < 4.78 is 5.41. The van der Waals surface area contributed by atoms with E-state index in [1.165, 1.54) is 12.8 Å². The van der Waals surface area contributed by atoms with Gasteiger partial charge in [-0.1, -0.05) is 6.92 Å².